The molecule has 0 radical (unpaired) electrons. The summed E-state index contributed by atoms with van der Waals surface area (Å²) in [6, 6.07) is 0. The molecule has 38 valence electrons. The zero-order valence-corrected chi connectivity index (χ0v) is 7.30. The van der Waals surface area contributed by atoms with Gasteiger partial charge in [0.15, 0.2) is 0 Å². The normalized spacial score (nSPS) is 6.57. The van der Waals surface area contributed by atoms with Gasteiger partial charge in [0.05, 0.1) is 6.54 Å². The van der Waals surface area contributed by atoms with E-state index in [2.05, 4.69) is 10.7 Å². The van der Waals surface area contributed by atoms with Crippen LogP contribution >= 0.6 is 0 Å². The zero-order valence-electron chi connectivity index (χ0n) is 5.18. The number of rotatable bonds is 1. The fraction of sp³-hybridized carbons (Fsp3) is 0.500. The topological polar surface area (TPSA) is 78.3 Å². The van der Waals surface area contributed by atoms with E-state index < -0.39 is 5.97 Å². The Kier molecular flexibility index (Phi) is 11.0. The molecular formula is C2H7KN2O2. The van der Waals surface area contributed by atoms with Crippen molar-refractivity contribution in [1.82, 2.24) is 0 Å². The first-order valence-corrected chi connectivity index (χ1v) is 1.41. The monoisotopic (exact) mass is 130 g/mol. The van der Waals surface area contributed by atoms with Crippen LogP contribution < -0.4 is 63.0 Å². The second-order valence-electron chi connectivity index (χ2n) is 0.694. The Morgan fingerprint density at radius 2 is 2.29 bits per heavy atom. The average Bonchev–Trinajstić information content (AvgIpc) is 1.65. The Morgan fingerprint density at radius 3 is 2.29 bits per heavy atom. The van der Waals surface area contributed by atoms with Gasteiger partial charge in [-0.2, -0.15) is 5.90 Å². The van der Waals surface area contributed by atoms with Crippen molar-refractivity contribution in [3.63, 3.8) is 0 Å². The first-order chi connectivity index (χ1) is 2.81. The SMILES string of the molecule is NCC(=O)ON.[H-].[K+]. The second kappa shape index (κ2) is 7.03. The Balaban J connectivity index is -0.000000125. The molecule has 0 heterocycles. The van der Waals surface area contributed by atoms with Crippen molar-refractivity contribution < 1.29 is 62.4 Å². The molecule has 0 fully saturated rings. The van der Waals surface area contributed by atoms with Gasteiger partial charge in [-0.05, 0) is 0 Å². The van der Waals surface area contributed by atoms with Crippen LogP contribution in [0.5, 0.6) is 0 Å². The summed E-state index contributed by atoms with van der Waals surface area (Å²) in [4.78, 5) is 13.3. The van der Waals surface area contributed by atoms with Gasteiger partial charge < -0.3 is 12.0 Å². The number of carbonyl (C=O) groups excluding carboxylic acids is 1. The van der Waals surface area contributed by atoms with Crippen LogP contribution in [0.4, 0.5) is 0 Å². The summed E-state index contributed by atoms with van der Waals surface area (Å²) >= 11 is 0. The maximum atomic E-state index is 9.71. The zero-order chi connectivity index (χ0) is 4.99. The minimum atomic E-state index is -0.602. The van der Waals surface area contributed by atoms with E-state index in [-0.39, 0.29) is 59.4 Å². The summed E-state index contributed by atoms with van der Waals surface area (Å²) < 4.78 is 0. The molecule has 0 aliphatic carbocycles. The van der Waals surface area contributed by atoms with Crippen molar-refractivity contribution in [3.05, 3.63) is 0 Å². The summed E-state index contributed by atoms with van der Waals surface area (Å²) in [7, 11) is 0. The molecule has 4 N–H and O–H groups in total. The first kappa shape index (κ1) is 10.9. The molecule has 0 atom stereocenters. The van der Waals surface area contributed by atoms with E-state index >= 15 is 0 Å². The summed E-state index contributed by atoms with van der Waals surface area (Å²) in [5.41, 5.74) is 4.73. The van der Waals surface area contributed by atoms with Crippen LogP contribution in [0.1, 0.15) is 1.43 Å². The molecule has 0 spiro atoms. The molecule has 0 rings (SSSR count). The minimum absolute atomic E-state index is 0. The summed E-state index contributed by atoms with van der Waals surface area (Å²) in [6.45, 7) is -0.156. The van der Waals surface area contributed by atoms with Crippen molar-refractivity contribution in [3.8, 4) is 0 Å². The molecule has 0 aliphatic heterocycles. The average molecular weight is 130 g/mol. The largest absolute Gasteiger partial charge is 1.00 e. The third-order valence-electron chi connectivity index (χ3n) is 0.298. The molecule has 0 amide bonds. The van der Waals surface area contributed by atoms with Gasteiger partial charge >= 0.3 is 57.4 Å². The number of nitrogens with two attached hydrogens (primary N) is 2. The molecule has 0 bridgehead atoms. The molecule has 0 aliphatic rings. The van der Waals surface area contributed by atoms with E-state index in [1.165, 1.54) is 0 Å². The van der Waals surface area contributed by atoms with E-state index in [1.807, 2.05) is 0 Å². The maximum Gasteiger partial charge on any atom is 1.00 e. The van der Waals surface area contributed by atoms with Gasteiger partial charge in [0, 0.05) is 0 Å². The van der Waals surface area contributed by atoms with Crippen molar-refractivity contribution >= 4 is 5.97 Å². The van der Waals surface area contributed by atoms with Crippen molar-refractivity contribution in [2.75, 3.05) is 6.54 Å². The van der Waals surface area contributed by atoms with Gasteiger partial charge in [-0.3, -0.25) is 0 Å². The standard InChI is InChI=1S/C2H6N2O2.K.H/c3-1-2(5)6-4;;/h1,3-4H2;;/q;+1;-1. The van der Waals surface area contributed by atoms with E-state index in [9.17, 15) is 4.79 Å². The van der Waals surface area contributed by atoms with Gasteiger partial charge in [0.1, 0.15) is 0 Å². The Bertz CT molecular complexity index is 56.0. The Labute approximate surface area is 85.4 Å². The molecule has 7 heavy (non-hydrogen) atoms. The fourth-order valence-corrected chi connectivity index (χ4v) is 0.0481. The van der Waals surface area contributed by atoms with E-state index in [0.29, 0.717) is 0 Å². The summed E-state index contributed by atoms with van der Waals surface area (Å²) in [6.07, 6.45) is 0. The second-order valence-corrected chi connectivity index (χ2v) is 0.694. The molecule has 0 saturated carbocycles. The van der Waals surface area contributed by atoms with Gasteiger partial charge in [-0.15, -0.1) is 0 Å². The molecule has 5 heteroatoms. The molecule has 0 aromatic rings. The van der Waals surface area contributed by atoms with Gasteiger partial charge in [0.25, 0.3) is 0 Å². The van der Waals surface area contributed by atoms with Crippen LogP contribution in [-0.2, 0) is 9.63 Å². The number of hydrogen-bond donors (Lipinski definition) is 2. The number of hydrogen-bond acceptors (Lipinski definition) is 4. The van der Waals surface area contributed by atoms with E-state index in [0.717, 1.165) is 0 Å². The molecule has 4 nitrogen and oxygen atoms in total. The van der Waals surface area contributed by atoms with Gasteiger partial charge in [-0.1, -0.05) is 0 Å². The molecule has 0 unspecified atom stereocenters. The van der Waals surface area contributed by atoms with Crippen LogP contribution in [0.2, 0.25) is 0 Å². The summed E-state index contributed by atoms with van der Waals surface area (Å²) in [5.74, 6) is 3.75. The minimum Gasteiger partial charge on any atom is -1.00 e. The van der Waals surface area contributed by atoms with Crippen LogP contribution in [-0.4, -0.2) is 12.5 Å². The fourth-order valence-electron chi connectivity index (χ4n) is 0.0481. The molecule has 0 aromatic heterocycles. The predicted octanol–water partition coefficient (Wildman–Crippen LogP) is -4.52. The third-order valence-corrected chi connectivity index (χ3v) is 0.298. The van der Waals surface area contributed by atoms with Crippen molar-refractivity contribution in [1.29, 1.82) is 0 Å². The van der Waals surface area contributed by atoms with Crippen LogP contribution in [0, 0.1) is 0 Å². The summed E-state index contributed by atoms with van der Waals surface area (Å²) in [5, 5.41) is 0. The van der Waals surface area contributed by atoms with Crippen LogP contribution in [0.25, 0.3) is 0 Å². The van der Waals surface area contributed by atoms with Crippen LogP contribution in [0.3, 0.4) is 0 Å². The predicted molar refractivity (Wildman–Crippen MR) is 20.4 cm³/mol. The van der Waals surface area contributed by atoms with Gasteiger partial charge in [0.2, 0.25) is 0 Å². The number of carbonyl (C=O) groups is 1. The van der Waals surface area contributed by atoms with Gasteiger partial charge in [-0.25, -0.2) is 4.79 Å². The van der Waals surface area contributed by atoms with E-state index in [4.69, 9.17) is 5.73 Å². The van der Waals surface area contributed by atoms with Crippen LogP contribution in [0.15, 0.2) is 0 Å². The third kappa shape index (κ3) is 7.03. The molecule has 0 saturated heterocycles. The Morgan fingerprint density at radius 1 is 1.86 bits per heavy atom. The smallest absolute Gasteiger partial charge is 1.00 e. The maximum absolute atomic E-state index is 9.71. The molecular weight excluding hydrogens is 123 g/mol. The Hall–Kier alpha value is 1.03. The first-order valence-electron chi connectivity index (χ1n) is 1.41. The van der Waals surface area contributed by atoms with Crippen molar-refractivity contribution in [2.45, 2.75) is 0 Å². The quantitative estimate of drug-likeness (QED) is 0.277. The van der Waals surface area contributed by atoms with Crippen molar-refractivity contribution in [2.24, 2.45) is 11.6 Å². The molecule has 0 aromatic carbocycles. The van der Waals surface area contributed by atoms with E-state index in [1.54, 1.807) is 0 Å².